The summed E-state index contributed by atoms with van der Waals surface area (Å²) in [5.74, 6) is 0. The molecule has 0 spiro atoms. The summed E-state index contributed by atoms with van der Waals surface area (Å²) in [6, 6.07) is 0.413. The molecule has 1 atom stereocenters. The Labute approximate surface area is 113 Å². The molecule has 0 aromatic heterocycles. The van der Waals surface area contributed by atoms with Crippen LogP contribution in [-0.4, -0.2) is 24.8 Å². The van der Waals surface area contributed by atoms with E-state index >= 15 is 0 Å². The van der Waals surface area contributed by atoms with Crippen LogP contribution in [0.1, 0.15) is 59.8 Å². The van der Waals surface area contributed by atoms with Gasteiger partial charge in [-0.2, -0.15) is 0 Å². The van der Waals surface area contributed by atoms with E-state index in [1.54, 1.807) is 0 Å². The predicted molar refractivity (Wildman–Crippen MR) is 78.9 cm³/mol. The van der Waals surface area contributed by atoms with Crippen LogP contribution in [0.4, 0.5) is 0 Å². The molecule has 1 aliphatic carbocycles. The number of likely N-dealkylation sites (N-methyl/N-ethyl adjacent to an activating group) is 1. The van der Waals surface area contributed by atoms with Crippen LogP contribution in [0.3, 0.4) is 0 Å². The Balaban J connectivity index is 2.81. The van der Waals surface area contributed by atoms with E-state index in [0.29, 0.717) is 11.5 Å². The minimum absolute atomic E-state index is 0.0223. The van der Waals surface area contributed by atoms with E-state index in [-0.39, 0.29) is 5.60 Å². The maximum Gasteiger partial charge on any atom is 0.0838 e. The zero-order chi connectivity index (χ0) is 13.6. The molecule has 18 heavy (non-hydrogen) atoms. The van der Waals surface area contributed by atoms with Gasteiger partial charge in [-0.1, -0.05) is 26.8 Å². The first-order valence-electron chi connectivity index (χ1n) is 7.48. The molecule has 1 rings (SSSR count). The summed E-state index contributed by atoms with van der Waals surface area (Å²) < 4.78 is 6.22. The highest BCUT2D eigenvalue weighted by Gasteiger charge is 2.43. The Hall–Kier alpha value is -0.340. The van der Waals surface area contributed by atoms with Gasteiger partial charge in [0.2, 0.25) is 0 Å². The summed E-state index contributed by atoms with van der Waals surface area (Å²) in [4.78, 5) is 0. The Bertz CT molecular complexity index is 250. The Morgan fingerprint density at radius 1 is 1.22 bits per heavy atom. The predicted octanol–water partition coefficient (Wildman–Crippen LogP) is 3.92. The molecular formula is C16H31NO. The maximum absolute atomic E-state index is 6.22. The lowest BCUT2D eigenvalue weighted by molar-refractivity contribution is -0.105. The molecule has 1 fully saturated rings. The Morgan fingerprint density at radius 3 is 2.28 bits per heavy atom. The molecule has 0 saturated heterocycles. The van der Waals surface area contributed by atoms with Gasteiger partial charge in [0.05, 0.1) is 5.60 Å². The van der Waals surface area contributed by atoms with Crippen molar-refractivity contribution in [2.45, 2.75) is 71.4 Å². The fourth-order valence-electron chi connectivity index (χ4n) is 3.13. The molecule has 1 unspecified atom stereocenters. The summed E-state index contributed by atoms with van der Waals surface area (Å²) in [6.45, 7) is 14.7. The van der Waals surface area contributed by atoms with Crippen molar-refractivity contribution >= 4 is 0 Å². The summed E-state index contributed by atoms with van der Waals surface area (Å²) in [5.41, 5.74) is 0.500. The van der Waals surface area contributed by atoms with Gasteiger partial charge < -0.3 is 10.1 Å². The highest BCUT2D eigenvalue weighted by molar-refractivity contribution is 5.01. The average molecular weight is 253 g/mol. The van der Waals surface area contributed by atoms with E-state index in [1.165, 1.54) is 25.7 Å². The summed E-state index contributed by atoms with van der Waals surface area (Å²) in [5, 5.41) is 3.61. The third-order valence-corrected chi connectivity index (χ3v) is 4.37. The van der Waals surface area contributed by atoms with Crippen LogP contribution in [0, 0.1) is 5.41 Å². The molecule has 1 saturated carbocycles. The SMILES string of the molecule is C=CCC(NCC)C1(OCC)CCC(C)(C)CC1. The van der Waals surface area contributed by atoms with Gasteiger partial charge in [0.1, 0.15) is 0 Å². The van der Waals surface area contributed by atoms with Crippen molar-refractivity contribution < 1.29 is 4.74 Å². The number of ether oxygens (including phenoxy) is 1. The molecule has 1 N–H and O–H groups in total. The molecule has 0 aromatic rings. The van der Waals surface area contributed by atoms with Crippen LogP contribution in [0.25, 0.3) is 0 Å². The van der Waals surface area contributed by atoms with Gasteiger partial charge in [-0.3, -0.25) is 0 Å². The minimum Gasteiger partial charge on any atom is -0.374 e. The molecule has 2 heteroatoms. The summed E-state index contributed by atoms with van der Waals surface area (Å²) in [6.07, 6.45) is 7.86. The lowest BCUT2D eigenvalue weighted by Gasteiger charge is -2.47. The lowest BCUT2D eigenvalue weighted by Crippen LogP contribution is -2.55. The van der Waals surface area contributed by atoms with Crippen LogP contribution in [-0.2, 0) is 4.74 Å². The van der Waals surface area contributed by atoms with Gasteiger partial charge >= 0.3 is 0 Å². The molecule has 0 bridgehead atoms. The van der Waals surface area contributed by atoms with Crippen molar-refractivity contribution in [2.24, 2.45) is 5.41 Å². The first kappa shape index (κ1) is 15.7. The van der Waals surface area contributed by atoms with Crippen LogP contribution in [0.15, 0.2) is 12.7 Å². The van der Waals surface area contributed by atoms with Gasteiger partial charge in [-0.25, -0.2) is 0 Å². The largest absolute Gasteiger partial charge is 0.374 e. The second kappa shape index (κ2) is 6.72. The van der Waals surface area contributed by atoms with Crippen molar-refractivity contribution in [3.05, 3.63) is 12.7 Å². The molecule has 2 nitrogen and oxygen atoms in total. The minimum atomic E-state index is 0.0223. The third kappa shape index (κ3) is 3.83. The van der Waals surface area contributed by atoms with Crippen molar-refractivity contribution in [2.75, 3.05) is 13.2 Å². The Morgan fingerprint density at radius 2 is 1.83 bits per heavy atom. The number of hydrogen-bond acceptors (Lipinski definition) is 2. The third-order valence-electron chi connectivity index (χ3n) is 4.37. The first-order chi connectivity index (χ1) is 8.49. The number of rotatable bonds is 7. The van der Waals surface area contributed by atoms with Crippen LogP contribution >= 0.6 is 0 Å². The van der Waals surface area contributed by atoms with Crippen LogP contribution in [0.2, 0.25) is 0 Å². The van der Waals surface area contributed by atoms with Crippen LogP contribution in [0.5, 0.6) is 0 Å². The normalized spacial score (nSPS) is 23.6. The van der Waals surface area contributed by atoms with Crippen LogP contribution < -0.4 is 5.32 Å². The van der Waals surface area contributed by atoms with Gasteiger partial charge in [-0.15, -0.1) is 6.58 Å². The highest BCUT2D eigenvalue weighted by Crippen LogP contribution is 2.44. The van der Waals surface area contributed by atoms with E-state index < -0.39 is 0 Å². The average Bonchev–Trinajstić information content (AvgIpc) is 2.32. The van der Waals surface area contributed by atoms with E-state index in [9.17, 15) is 0 Å². The van der Waals surface area contributed by atoms with Crippen molar-refractivity contribution in [1.82, 2.24) is 5.32 Å². The zero-order valence-electron chi connectivity index (χ0n) is 12.7. The van der Waals surface area contributed by atoms with Gasteiger partial charge in [-0.05, 0) is 51.0 Å². The molecular weight excluding hydrogens is 222 g/mol. The quantitative estimate of drug-likeness (QED) is 0.694. The van der Waals surface area contributed by atoms with Gasteiger partial charge in [0.25, 0.3) is 0 Å². The molecule has 0 amide bonds. The molecule has 106 valence electrons. The molecule has 1 aliphatic rings. The molecule has 0 radical (unpaired) electrons. The summed E-state index contributed by atoms with van der Waals surface area (Å²) in [7, 11) is 0. The standard InChI is InChI=1S/C16H31NO/c1-6-9-14(17-7-2)16(18-8-3)12-10-15(4,5)11-13-16/h6,14,17H,1,7-13H2,2-5H3. The van der Waals surface area contributed by atoms with E-state index in [0.717, 1.165) is 19.6 Å². The topological polar surface area (TPSA) is 21.3 Å². The van der Waals surface area contributed by atoms with Gasteiger partial charge in [0, 0.05) is 12.6 Å². The lowest BCUT2D eigenvalue weighted by atomic mass is 9.68. The van der Waals surface area contributed by atoms with Crippen molar-refractivity contribution in [3.63, 3.8) is 0 Å². The van der Waals surface area contributed by atoms with E-state index in [4.69, 9.17) is 4.74 Å². The van der Waals surface area contributed by atoms with E-state index in [1.807, 2.05) is 6.08 Å². The number of hydrogen-bond donors (Lipinski definition) is 1. The zero-order valence-corrected chi connectivity index (χ0v) is 12.7. The van der Waals surface area contributed by atoms with Crippen molar-refractivity contribution in [1.29, 1.82) is 0 Å². The highest BCUT2D eigenvalue weighted by atomic mass is 16.5. The van der Waals surface area contributed by atoms with Gasteiger partial charge in [0.15, 0.2) is 0 Å². The maximum atomic E-state index is 6.22. The second-order valence-corrected chi connectivity index (χ2v) is 6.30. The second-order valence-electron chi connectivity index (χ2n) is 6.30. The van der Waals surface area contributed by atoms with Crippen molar-refractivity contribution in [3.8, 4) is 0 Å². The molecule has 0 heterocycles. The summed E-state index contributed by atoms with van der Waals surface area (Å²) >= 11 is 0. The first-order valence-corrected chi connectivity index (χ1v) is 7.48. The molecule has 0 aromatic carbocycles. The number of nitrogens with one attached hydrogen (secondary N) is 1. The smallest absolute Gasteiger partial charge is 0.0838 e. The monoisotopic (exact) mass is 253 g/mol. The fraction of sp³-hybridized carbons (Fsp3) is 0.875. The molecule has 0 aliphatic heterocycles. The fourth-order valence-corrected chi connectivity index (χ4v) is 3.13. The Kier molecular flexibility index (Phi) is 5.87. The van der Waals surface area contributed by atoms with E-state index in [2.05, 4.69) is 39.6 Å².